The fourth-order valence-electron chi connectivity index (χ4n) is 2.26. The van der Waals surface area contributed by atoms with Gasteiger partial charge in [-0.25, -0.2) is 14.9 Å². The number of nitrogens with one attached hydrogen (secondary N) is 1. The van der Waals surface area contributed by atoms with Gasteiger partial charge >= 0.3 is 12.0 Å². The number of amides is 1. The average molecular weight is 369 g/mol. The molecule has 0 radical (unpaired) electrons. The second-order valence-corrected chi connectivity index (χ2v) is 5.47. The predicted molar refractivity (Wildman–Crippen MR) is 95.8 cm³/mol. The zero-order valence-corrected chi connectivity index (χ0v) is 14.4. The lowest BCUT2D eigenvalue weighted by molar-refractivity contribution is -0.401. The second kappa shape index (κ2) is 7.52. The molecule has 2 heterocycles. The van der Waals surface area contributed by atoms with E-state index in [9.17, 15) is 14.9 Å². The van der Waals surface area contributed by atoms with Gasteiger partial charge in [0.2, 0.25) is 0 Å². The maximum absolute atomic E-state index is 11.1. The van der Waals surface area contributed by atoms with Gasteiger partial charge in [0.05, 0.1) is 25.1 Å². The Morgan fingerprint density at radius 1 is 1.33 bits per heavy atom. The molecule has 0 saturated heterocycles. The Hall–Kier alpha value is -3.95. The quantitative estimate of drug-likeness (QED) is 0.419. The van der Waals surface area contributed by atoms with Crippen molar-refractivity contribution in [2.24, 2.45) is 5.10 Å². The molecule has 3 aromatic rings. The summed E-state index contributed by atoms with van der Waals surface area (Å²) >= 11 is 0. The first-order valence-electron chi connectivity index (χ1n) is 7.76. The minimum absolute atomic E-state index is 0.201. The number of nitrogens with zero attached hydrogens (tertiary/aromatic N) is 4. The Morgan fingerprint density at radius 3 is 2.70 bits per heavy atom. The van der Waals surface area contributed by atoms with Crippen LogP contribution in [0.2, 0.25) is 0 Å². The SMILES string of the molecule is COC(=O)N/N=C/c1cn(-c2ccc(C)cc2)nc1-c1ccc([N+](=O)[O-])o1. The van der Waals surface area contributed by atoms with Gasteiger partial charge in [-0.15, -0.1) is 0 Å². The van der Waals surface area contributed by atoms with E-state index < -0.39 is 16.9 Å². The van der Waals surface area contributed by atoms with Crippen molar-refractivity contribution in [3.8, 4) is 17.1 Å². The van der Waals surface area contributed by atoms with E-state index in [4.69, 9.17) is 4.42 Å². The summed E-state index contributed by atoms with van der Waals surface area (Å²) in [4.78, 5) is 21.4. The van der Waals surface area contributed by atoms with Gasteiger partial charge in [-0.1, -0.05) is 17.7 Å². The summed E-state index contributed by atoms with van der Waals surface area (Å²) < 4.78 is 11.3. The molecule has 27 heavy (non-hydrogen) atoms. The number of aryl methyl sites for hydroxylation is 1. The van der Waals surface area contributed by atoms with E-state index >= 15 is 0 Å². The minimum Gasteiger partial charge on any atom is -0.452 e. The van der Waals surface area contributed by atoms with E-state index in [1.807, 2.05) is 31.2 Å². The van der Waals surface area contributed by atoms with Crippen LogP contribution in [0.4, 0.5) is 10.7 Å². The molecule has 0 atom stereocenters. The molecule has 1 N–H and O–H groups in total. The molecule has 0 unspecified atom stereocenters. The molecule has 0 aliphatic rings. The molecule has 0 saturated carbocycles. The summed E-state index contributed by atoms with van der Waals surface area (Å²) in [7, 11) is 1.22. The molecular weight excluding hydrogens is 354 g/mol. The van der Waals surface area contributed by atoms with Crippen LogP contribution >= 0.6 is 0 Å². The third-order valence-corrected chi connectivity index (χ3v) is 3.59. The normalized spacial score (nSPS) is 10.9. The highest BCUT2D eigenvalue weighted by atomic mass is 16.6. The number of hydrazone groups is 1. The van der Waals surface area contributed by atoms with Gasteiger partial charge in [0, 0.05) is 11.8 Å². The summed E-state index contributed by atoms with van der Waals surface area (Å²) in [5.74, 6) is -0.197. The van der Waals surface area contributed by atoms with Crippen molar-refractivity contribution in [2.75, 3.05) is 7.11 Å². The third-order valence-electron chi connectivity index (χ3n) is 3.59. The van der Waals surface area contributed by atoms with Gasteiger partial charge < -0.3 is 9.15 Å². The van der Waals surface area contributed by atoms with Crippen LogP contribution in [-0.4, -0.2) is 34.1 Å². The van der Waals surface area contributed by atoms with E-state index in [-0.39, 0.29) is 5.76 Å². The van der Waals surface area contributed by atoms with Crippen molar-refractivity contribution in [3.63, 3.8) is 0 Å². The lowest BCUT2D eigenvalue weighted by Gasteiger charge is -2.00. The number of carbonyl (C=O) groups excluding carboxylic acids is 1. The van der Waals surface area contributed by atoms with E-state index in [1.54, 1.807) is 10.9 Å². The van der Waals surface area contributed by atoms with Crippen LogP contribution in [0.5, 0.6) is 0 Å². The van der Waals surface area contributed by atoms with Crippen molar-refractivity contribution in [1.82, 2.24) is 15.2 Å². The second-order valence-electron chi connectivity index (χ2n) is 5.47. The maximum atomic E-state index is 11.1. The van der Waals surface area contributed by atoms with E-state index in [0.717, 1.165) is 11.3 Å². The van der Waals surface area contributed by atoms with Gasteiger partial charge in [0.15, 0.2) is 5.76 Å². The predicted octanol–water partition coefficient (Wildman–Crippen LogP) is 3.04. The van der Waals surface area contributed by atoms with E-state index in [0.29, 0.717) is 11.3 Å². The standard InChI is InChI=1S/C17H15N5O5/c1-11-3-5-13(6-4-11)21-10-12(9-18-19-17(23)26-2)16(20-21)14-7-8-15(27-14)22(24)25/h3-10H,1-2H3,(H,19,23)/b18-9+. The van der Waals surface area contributed by atoms with Gasteiger partial charge in [0.25, 0.3) is 0 Å². The maximum Gasteiger partial charge on any atom is 0.433 e. The van der Waals surface area contributed by atoms with E-state index in [2.05, 4.69) is 20.4 Å². The largest absolute Gasteiger partial charge is 0.452 e. The topological polar surface area (TPSA) is 125 Å². The molecule has 138 valence electrons. The Kier molecular flexibility index (Phi) is 4.97. The van der Waals surface area contributed by atoms with Crippen molar-refractivity contribution >= 4 is 18.2 Å². The van der Waals surface area contributed by atoms with Gasteiger partial charge in [-0.05, 0) is 25.1 Å². The smallest absolute Gasteiger partial charge is 0.433 e. The first-order valence-corrected chi connectivity index (χ1v) is 7.76. The first-order chi connectivity index (χ1) is 13.0. The molecule has 3 rings (SSSR count). The highest BCUT2D eigenvalue weighted by Crippen LogP contribution is 2.27. The number of rotatable bonds is 5. The molecule has 0 fully saturated rings. The summed E-state index contributed by atoms with van der Waals surface area (Å²) in [6, 6.07) is 10.3. The van der Waals surface area contributed by atoms with Crippen LogP contribution in [0.1, 0.15) is 11.1 Å². The van der Waals surface area contributed by atoms with Crippen molar-refractivity contribution in [1.29, 1.82) is 0 Å². The third kappa shape index (κ3) is 4.00. The van der Waals surface area contributed by atoms with Crippen LogP contribution in [0.25, 0.3) is 17.1 Å². The monoisotopic (exact) mass is 369 g/mol. The van der Waals surface area contributed by atoms with Crippen LogP contribution in [0, 0.1) is 17.0 Å². The molecule has 0 aliphatic carbocycles. The zero-order valence-electron chi connectivity index (χ0n) is 14.4. The fourth-order valence-corrected chi connectivity index (χ4v) is 2.26. The van der Waals surface area contributed by atoms with Gasteiger partial charge in [0.1, 0.15) is 10.6 Å². The molecule has 1 aromatic carbocycles. The Balaban J connectivity index is 2.01. The molecule has 0 spiro atoms. The molecule has 0 bridgehead atoms. The summed E-state index contributed by atoms with van der Waals surface area (Å²) in [5, 5.41) is 19.1. The summed E-state index contributed by atoms with van der Waals surface area (Å²) in [6.07, 6.45) is 2.28. The number of nitro groups is 1. The number of ether oxygens (including phenoxy) is 1. The Bertz CT molecular complexity index is 1000. The minimum atomic E-state index is -0.729. The van der Waals surface area contributed by atoms with Crippen molar-refractivity contribution in [2.45, 2.75) is 6.92 Å². The van der Waals surface area contributed by atoms with Crippen LogP contribution in [-0.2, 0) is 4.74 Å². The van der Waals surface area contributed by atoms with Crippen LogP contribution in [0.3, 0.4) is 0 Å². The van der Waals surface area contributed by atoms with Gasteiger partial charge in [-0.3, -0.25) is 10.1 Å². The van der Waals surface area contributed by atoms with Crippen LogP contribution < -0.4 is 5.43 Å². The highest BCUT2D eigenvalue weighted by molar-refractivity contribution is 5.88. The molecular formula is C17H15N5O5. The molecule has 1 amide bonds. The first kappa shape index (κ1) is 17.9. The number of carbonyl (C=O) groups is 1. The highest BCUT2D eigenvalue weighted by Gasteiger charge is 2.19. The lowest BCUT2D eigenvalue weighted by atomic mass is 10.2. The molecule has 10 heteroatoms. The van der Waals surface area contributed by atoms with Gasteiger partial charge in [-0.2, -0.15) is 10.2 Å². The lowest BCUT2D eigenvalue weighted by Crippen LogP contribution is -2.16. The Morgan fingerprint density at radius 2 is 2.07 bits per heavy atom. The number of aromatic nitrogens is 2. The number of hydrogen-bond acceptors (Lipinski definition) is 7. The Labute approximate surface area is 153 Å². The summed E-state index contributed by atoms with van der Waals surface area (Å²) in [5.41, 5.74) is 4.86. The van der Waals surface area contributed by atoms with E-state index in [1.165, 1.54) is 25.5 Å². The average Bonchev–Trinajstić information content (AvgIpc) is 3.29. The number of benzene rings is 1. The van der Waals surface area contributed by atoms with Crippen molar-refractivity contribution < 1.29 is 18.9 Å². The zero-order chi connectivity index (χ0) is 19.4. The molecule has 2 aromatic heterocycles. The molecule has 10 nitrogen and oxygen atoms in total. The summed E-state index contributed by atoms with van der Waals surface area (Å²) in [6.45, 7) is 1.97. The van der Waals surface area contributed by atoms with Crippen LogP contribution in [0.15, 0.2) is 52.1 Å². The molecule has 0 aliphatic heterocycles. The number of methoxy groups -OCH3 is 1. The van der Waals surface area contributed by atoms with Crippen molar-refractivity contribution in [3.05, 3.63) is 63.8 Å². The number of furan rings is 1. The fraction of sp³-hybridized carbons (Fsp3) is 0.118. The number of hydrogen-bond donors (Lipinski definition) is 1.